The summed E-state index contributed by atoms with van der Waals surface area (Å²) in [6.07, 6.45) is 0. The van der Waals surface area contributed by atoms with Crippen molar-refractivity contribution in [2.45, 2.75) is 5.92 Å². The summed E-state index contributed by atoms with van der Waals surface area (Å²) in [5.74, 6) is -3.11. The second kappa shape index (κ2) is 3.72. The first kappa shape index (κ1) is 9.27. The van der Waals surface area contributed by atoms with Gasteiger partial charge in [-0.3, -0.25) is 0 Å². The van der Waals surface area contributed by atoms with Crippen LogP contribution in [0.2, 0.25) is 0 Å². The molecule has 12 heavy (non-hydrogen) atoms. The van der Waals surface area contributed by atoms with Crippen molar-refractivity contribution in [3.8, 4) is 0 Å². The van der Waals surface area contributed by atoms with Crippen molar-refractivity contribution in [3.63, 3.8) is 0 Å². The number of nitrogens with zero attached hydrogens (tertiary/aromatic N) is 2. The predicted molar refractivity (Wildman–Crippen MR) is 40.4 cm³/mol. The minimum absolute atomic E-state index is 0.322. The van der Waals surface area contributed by atoms with Crippen molar-refractivity contribution in [2.75, 3.05) is 18.5 Å². The third kappa shape index (κ3) is 2.67. The molecule has 0 saturated carbocycles. The molecule has 2 N–H and O–H groups in total. The van der Waals surface area contributed by atoms with Gasteiger partial charge in [0.2, 0.25) is 5.13 Å². The van der Waals surface area contributed by atoms with Gasteiger partial charge in [0.05, 0.1) is 6.54 Å². The zero-order chi connectivity index (χ0) is 9.03. The summed E-state index contributed by atoms with van der Waals surface area (Å²) in [5, 5.41) is 17.8. The highest BCUT2D eigenvalue weighted by molar-refractivity contribution is 7.13. The number of hydrogen-bond acceptors (Lipinski definition) is 5. The van der Waals surface area contributed by atoms with Gasteiger partial charge in [0.15, 0.2) is 0 Å². The number of aromatic nitrogens is 2. The number of rotatable bonds is 4. The summed E-state index contributed by atoms with van der Waals surface area (Å²) in [6, 6.07) is 0. The van der Waals surface area contributed by atoms with E-state index < -0.39 is 19.1 Å². The molecular formula is C5H7F2N3OS. The largest absolute Gasteiger partial charge is 0.390 e. The Hall–Kier alpha value is -0.820. The zero-order valence-corrected chi connectivity index (χ0v) is 6.81. The molecule has 0 fully saturated rings. The van der Waals surface area contributed by atoms with Gasteiger partial charge < -0.3 is 10.4 Å². The van der Waals surface area contributed by atoms with Crippen molar-refractivity contribution in [1.82, 2.24) is 10.2 Å². The normalized spacial score (nSPS) is 11.6. The Morgan fingerprint density at radius 3 is 2.92 bits per heavy atom. The molecule has 68 valence electrons. The molecule has 0 aliphatic carbocycles. The van der Waals surface area contributed by atoms with Gasteiger partial charge in [-0.15, -0.1) is 10.2 Å². The lowest BCUT2D eigenvalue weighted by Crippen LogP contribution is -2.30. The lowest BCUT2D eigenvalue weighted by molar-refractivity contribution is -0.0372. The minimum atomic E-state index is -3.11. The molecule has 1 heterocycles. The van der Waals surface area contributed by atoms with Gasteiger partial charge in [-0.05, 0) is 0 Å². The van der Waals surface area contributed by atoms with Crippen molar-refractivity contribution < 1.29 is 13.9 Å². The van der Waals surface area contributed by atoms with Crippen molar-refractivity contribution in [3.05, 3.63) is 5.51 Å². The van der Waals surface area contributed by atoms with Crippen molar-refractivity contribution in [2.24, 2.45) is 0 Å². The van der Waals surface area contributed by atoms with Crippen LogP contribution in [0.25, 0.3) is 0 Å². The highest BCUT2D eigenvalue weighted by Crippen LogP contribution is 2.14. The summed E-state index contributed by atoms with van der Waals surface area (Å²) < 4.78 is 24.8. The lowest BCUT2D eigenvalue weighted by atomic mass is 10.4. The fourth-order valence-electron chi connectivity index (χ4n) is 0.511. The van der Waals surface area contributed by atoms with Crippen LogP contribution < -0.4 is 5.32 Å². The van der Waals surface area contributed by atoms with Gasteiger partial charge in [-0.2, -0.15) is 0 Å². The molecule has 1 rings (SSSR count). The number of alkyl halides is 2. The molecule has 1 aromatic rings. The molecular weight excluding hydrogens is 188 g/mol. The fraction of sp³-hybridized carbons (Fsp3) is 0.600. The first-order valence-electron chi connectivity index (χ1n) is 3.13. The van der Waals surface area contributed by atoms with Crippen molar-refractivity contribution in [1.29, 1.82) is 0 Å². The van der Waals surface area contributed by atoms with E-state index in [0.717, 1.165) is 11.3 Å². The lowest BCUT2D eigenvalue weighted by Gasteiger charge is -2.12. The fourth-order valence-corrected chi connectivity index (χ4v) is 0.955. The highest BCUT2D eigenvalue weighted by Gasteiger charge is 2.27. The standard InChI is InChI=1S/C5H7F2N3OS/c6-5(7,2-11)1-8-4-10-9-3-12-4/h3,11H,1-2H2,(H,8,10). The Kier molecular flexibility index (Phi) is 2.88. The SMILES string of the molecule is OCC(F)(F)CNc1nncs1. The van der Waals surface area contributed by atoms with Gasteiger partial charge in [-0.25, -0.2) is 8.78 Å². The first-order valence-corrected chi connectivity index (χ1v) is 4.01. The number of hydrogen-bond donors (Lipinski definition) is 2. The monoisotopic (exact) mass is 195 g/mol. The molecule has 0 aliphatic heterocycles. The average molecular weight is 195 g/mol. The van der Waals surface area contributed by atoms with Crippen molar-refractivity contribution >= 4 is 16.5 Å². The number of anilines is 1. The molecule has 0 spiro atoms. The summed E-state index contributed by atoms with van der Waals surface area (Å²) in [5.41, 5.74) is 1.43. The second-order valence-corrected chi connectivity index (χ2v) is 2.94. The van der Waals surface area contributed by atoms with Gasteiger partial charge >= 0.3 is 0 Å². The van der Waals surface area contributed by atoms with E-state index in [2.05, 4.69) is 15.5 Å². The van der Waals surface area contributed by atoms with E-state index in [4.69, 9.17) is 5.11 Å². The molecule has 0 atom stereocenters. The van der Waals surface area contributed by atoms with E-state index in [1.54, 1.807) is 0 Å². The third-order valence-corrected chi connectivity index (χ3v) is 1.74. The summed E-state index contributed by atoms with van der Waals surface area (Å²) in [6.45, 7) is -1.79. The Morgan fingerprint density at radius 1 is 1.67 bits per heavy atom. The van der Waals surface area contributed by atoms with Gasteiger partial charge in [0, 0.05) is 0 Å². The number of nitrogens with one attached hydrogen (secondary N) is 1. The van der Waals surface area contributed by atoms with Crippen LogP contribution in [0.4, 0.5) is 13.9 Å². The highest BCUT2D eigenvalue weighted by atomic mass is 32.1. The maximum Gasteiger partial charge on any atom is 0.287 e. The summed E-state index contributed by atoms with van der Waals surface area (Å²) in [4.78, 5) is 0. The van der Waals surface area contributed by atoms with Crippen LogP contribution in [0, 0.1) is 0 Å². The molecule has 0 saturated heterocycles. The maximum absolute atomic E-state index is 12.4. The Morgan fingerprint density at radius 2 is 2.42 bits per heavy atom. The van der Waals surface area contributed by atoms with Crippen LogP contribution in [-0.4, -0.2) is 34.4 Å². The van der Waals surface area contributed by atoms with Crippen LogP contribution in [-0.2, 0) is 0 Å². The molecule has 0 radical (unpaired) electrons. The van der Waals surface area contributed by atoms with E-state index >= 15 is 0 Å². The number of aliphatic hydroxyl groups excluding tert-OH is 1. The number of halogens is 2. The summed E-state index contributed by atoms with van der Waals surface area (Å²) >= 11 is 1.13. The van der Waals surface area contributed by atoms with Gasteiger partial charge in [0.1, 0.15) is 12.1 Å². The Bertz CT molecular complexity index is 229. The van der Waals surface area contributed by atoms with E-state index in [0.29, 0.717) is 5.13 Å². The second-order valence-electron chi connectivity index (χ2n) is 2.11. The smallest absolute Gasteiger partial charge is 0.287 e. The van der Waals surface area contributed by atoms with Crippen LogP contribution in [0.5, 0.6) is 0 Å². The predicted octanol–water partition coefficient (Wildman–Crippen LogP) is 0.578. The maximum atomic E-state index is 12.4. The van der Waals surface area contributed by atoms with Crippen LogP contribution in [0.1, 0.15) is 0 Å². The molecule has 0 aliphatic rings. The van der Waals surface area contributed by atoms with Crippen LogP contribution in [0.15, 0.2) is 5.51 Å². The molecule has 4 nitrogen and oxygen atoms in total. The minimum Gasteiger partial charge on any atom is -0.390 e. The van der Waals surface area contributed by atoms with Crippen LogP contribution in [0.3, 0.4) is 0 Å². The van der Waals surface area contributed by atoms with Gasteiger partial charge in [-0.1, -0.05) is 11.3 Å². The molecule has 7 heteroatoms. The van der Waals surface area contributed by atoms with E-state index in [9.17, 15) is 8.78 Å². The van der Waals surface area contributed by atoms with E-state index in [1.165, 1.54) is 5.51 Å². The van der Waals surface area contributed by atoms with Gasteiger partial charge in [0.25, 0.3) is 5.92 Å². The quantitative estimate of drug-likeness (QED) is 0.737. The first-order chi connectivity index (χ1) is 5.64. The zero-order valence-electron chi connectivity index (χ0n) is 6.00. The molecule has 1 aromatic heterocycles. The van der Waals surface area contributed by atoms with E-state index in [-0.39, 0.29) is 0 Å². The number of aliphatic hydroxyl groups is 1. The molecule has 0 amide bonds. The average Bonchev–Trinajstić information content (AvgIpc) is 2.53. The Labute approximate surface area is 71.2 Å². The third-order valence-electron chi connectivity index (χ3n) is 1.09. The molecule has 0 bridgehead atoms. The topological polar surface area (TPSA) is 58.0 Å². The molecule has 0 aromatic carbocycles. The van der Waals surface area contributed by atoms with E-state index in [1.807, 2.05) is 0 Å². The molecule has 0 unspecified atom stereocenters. The Balaban J connectivity index is 2.36. The summed E-state index contributed by atoms with van der Waals surface area (Å²) in [7, 11) is 0. The van der Waals surface area contributed by atoms with Crippen LogP contribution >= 0.6 is 11.3 Å².